The van der Waals surface area contributed by atoms with Crippen LogP contribution in [-0.4, -0.2) is 19.7 Å². The number of benzene rings is 1. The molecule has 0 amide bonds. The first kappa shape index (κ1) is 16.4. The SMILES string of the molecule is COc1ccc(CC(CNC(C)C)CC2CCCC2)cc1. The molecule has 0 aliphatic heterocycles. The van der Waals surface area contributed by atoms with E-state index >= 15 is 0 Å². The fourth-order valence-corrected chi connectivity index (χ4v) is 3.45. The molecule has 2 heteroatoms. The summed E-state index contributed by atoms with van der Waals surface area (Å²) < 4.78 is 5.25. The van der Waals surface area contributed by atoms with Crippen LogP contribution in [0.25, 0.3) is 0 Å². The van der Waals surface area contributed by atoms with E-state index in [1.807, 2.05) is 0 Å². The Morgan fingerprint density at radius 3 is 2.38 bits per heavy atom. The van der Waals surface area contributed by atoms with Gasteiger partial charge in [0.05, 0.1) is 7.11 Å². The molecule has 21 heavy (non-hydrogen) atoms. The second-order valence-electron chi connectivity index (χ2n) is 6.87. The summed E-state index contributed by atoms with van der Waals surface area (Å²) in [5.74, 6) is 2.66. The van der Waals surface area contributed by atoms with Gasteiger partial charge in [-0.15, -0.1) is 0 Å². The zero-order valence-corrected chi connectivity index (χ0v) is 13.9. The zero-order valence-electron chi connectivity index (χ0n) is 13.9. The molecule has 0 spiro atoms. The topological polar surface area (TPSA) is 21.3 Å². The van der Waals surface area contributed by atoms with Crippen molar-refractivity contribution in [1.82, 2.24) is 5.32 Å². The quantitative estimate of drug-likeness (QED) is 0.764. The Bertz CT molecular complexity index is 393. The Labute approximate surface area is 130 Å². The van der Waals surface area contributed by atoms with Gasteiger partial charge in [-0.2, -0.15) is 0 Å². The maximum atomic E-state index is 5.25. The number of ether oxygens (including phenoxy) is 1. The van der Waals surface area contributed by atoms with Gasteiger partial charge >= 0.3 is 0 Å². The lowest BCUT2D eigenvalue weighted by atomic mass is 9.88. The average molecular weight is 289 g/mol. The molecule has 2 rings (SSSR count). The minimum Gasteiger partial charge on any atom is -0.497 e. The maximum absolute atomic E-state index is 5.25. The first-order valence-corrected chi connectivity index (χ1v) is 8.53. The number of rotatable bonds is 8. The van der Waals surface area contributed by atoms with Crippen molar-refractivity contribution in [3.8, 4) is 5.75 Å². The van der Waals surface area contributed by atoms with E-state index in [9.17, 15) is 0 Å². The molecular formula is C19H31NO. The lowest BCUT2D eigenvalue weighted by molar-refractivity contribution is 0.348. The highest BCUT2D eigenvalue weighted by molar-refractivity contribution is 5.27. The van der Waals surface area contributed by atoms with Crippen LogP contribution in [0.3, 0.4) is 0 Å². The number of methoxy groups -OCH3 is 1. The Hall–Kier alpha value is -1.02. The summed E-state index contributed by atoms with van der Waals surface area (Å²) in [6.07, 6.45) is 8.34. The van der Waals surface area contributed by atoms with E-state index in [1.54, 1.807) is 7.11 Å². The van der Waals surface area contributed by atoms with Gasteiger partial charge < -0.3 is 10.1 Å². The summed E-state index contributed by atoms with van der Waals surface area (Å²) in [4.78, 5) is 0. The van der Waals surface area contributed by atoms with Gasteiger partial charge in [0, 0.05) is 6.04 Å². The van der Waals surface area contributed by atoms with E-state index in [0.29, 0.717) is 6.04 Å². The van der Waals surface area contributed by atoms with Gasteiger partial charge in [0.2, 0.25) is 0 Å². The van der Waals surface area contributed by atoms with Crippen LogP contribution in [0.2, 0.25) is 0 Å². The maximum Gasteiger partial charge on any atom is 0.118 e. The van der Waals surface area contributed by atoms with E-state index in [1.165, 1.54) is 44.1 Å². The van der Waals surface area contributed by atoms with Crippen molar-refractivity contribution in [1.29, 1.82) is 0 Å². The third-order valence-electron chi connectivity index (χ3n) is 4.64. The Balaban J connectivity index is 1.92. The Morgan fingerprint density at radius 1 is 1.14 bits per heavy atom. The normalized spacial score (nSPS) is 17.3. The van der Waals surface area contributed by atoms with Crippen molar-refractivity contribution in [2.75, 3.05) is 13.7 Å². The minimum atomic E-state index is 0.576. The molecule has 1 saturated carbocycles. The van der Waals surface area contributed by atoms with Crippen LogP contribution in [0.15, 0.2) is 24.3 Å². The van der Waals surface area contributed by atoms with Gasteiger partial charge in [-0.1, -0.05) is 51.7 Å². The monoisotopic (exact) mass is 289 g/mol. The first-order valence-electron chi connectivity index (χ1n) is 8.53. The molecule has 1 fully saturated rings. The van der Waals surface area contributed by atoms with Gasteiger partial charge in [-0.05, 0) is 48.9 Å². The predicted molar refractivity (Wildman–Crippen MR) is 89.9 cm³/mol. The molecule has 0 bridgehead atoms. The van der Waals surface area contributed by atoms with Gasteiger partial charge in [0.25, 0.3) is 0 Å². The summed E-state index contributed by atoms with van der Waals surface area (Å²) in [6, 6.07) is 9.17. The molecule has 1 atom stereocenters. The molecule has 1 aromatic carbocycles. The molecule has 0 aromatic heterocycles. The molecule has 0 heterocycles. The van der Waals surface area contributed by atoms with Crippen molar-refractivity contribution >= 4 is 0 Å². The predicted octanol–water partition coefficient (Wildman–Crippen LogP) is 4.43. The average Bonchev–Trinajstić information content (AvgIpc) is 2.98. The third-order valence-corrected chi connectivity index (χ3v) is 4.64. The van der Waals surface area contributed by atoms with Gasteiger partial charge in [-0.25, -0.2) is 0 Å². The zero-order chi connectivity index (χ0) is 15.1. The molecule has 1 aromatic rings. The van der Waals surface area contributed by atoms with Crippen molar-refractivity contribution < 1.29 is 4.74 Å². The van der Waals surface area contributed by atoms with E-state index in [2.05, 4.69) is 43.4 Å². The van der Waals surface area contributed by atoms with Crippen molar-refractivity contribution in [2.45, 2.75) is 58.4 Å². The van der Waals surface area contributed by atoms with Crippen molar-refractivity contribution in [2.24, 2.45) is 11.8 Å². The summed E-state index contributed by atoms with van der Waals surface area (Å²) >= 11 is 0. The number of hydrogen-bond acceptors (Lipinski definition) is 2. The molecule has 1 unspecified atom stereocenters. The van der Waals surface area contributed by atoms with Crippen LogP contribution >= 0.6 is 0 Å². The van der Waals surface area contributed by atoms with Crippen LogP contribution in [-0.2, 0) is 6.42 Å². The summed E-state index contributed by atoms with van der Waals surface area (Å²) in [5.41, 5.74) is 1.43. The van der Waals surface area contributed by atoms with Crippen LogP contribution in [0.1, 0.15) is 51.5 Å². The summed E-state index contributed by atoms with van der Waals surface area (Å²) in [6.45, 7) is 5.61. The highest BCUT2D eigenvalue weighted by Gasteiger charge is 2.20. The standard InChI is InChI=1S/C19H31NO/c1-15(2)20-14-18(12-16-6-4-5-7-16)13-17-8-10-19(21-3)11-9-17/h8-11,15-16,18,20H,4-7,12-14H2,1-3H3. The lowest BCUT2D eigenvalue weighted by Gasteiger charge is -2.22. The van der Waals surface area contributed by atoms with Crippen molar-refractivity contribution in [3.05, 3.63) is 29.8 Å². The van der Waals surface area contributed by atoms with Gasteiger partial charge in [0.1, 0.15) is 5.75 Å². The fourth-order valence-electron chi connectivity index (χ4n) is 3.45. The first-order chi connectivity index (χ1) is 10.2. The number of nitrogens with one attached hydrogen (secondary N) is 1. The minimum absolute atomic E-state index is 0.576. The highest BCUT2D eigenvalue weighted by Crippen LogP contribution is 2.31. The van der Waals surface area contributed by atoms with Crippen LogP contribution in [0.4, 0.5) is 0 Å². The van der Waals surface area contributed by atoms with E-state index < -0.39 is 0 Å². The second-order valence-corrected chi connectivity index (χ2v) is 6.87. The summed E-state index contributed by atoms with van der Waals surface area (Å²) in [7, 11) is 1.73. The molecule has 1 N–H and O–H groups in total. The molecule has 0 saturated heterocycles. The lowest BCUT2D eigenvalue weighted by Crippen LogP contribution is -2.30. The van der Waals surface area contributed by atoms with Crippen molar-refractivity contribution in [3.63, 3.8) is 0 Å². The van der Waals surface area contributed by atoms with Gasteiger partial charge in [-0.3, -0.25) is 0 Å². The Morgan fingerprint density at radius 2 is 1.81 bits per heavy atom. The van der Waals surface area contributed by atoms with Gasteiger partial charge in [0.15, 0.2) is 0 Å². The molecule has 2 nitrogen and oxygen atoms in total. The summed E-state index contributed by atoms with van der Waals surface area (Å²) in [5, 5.41) is 3.64. The molecule has 1 aliphatic rings. The fraction of sp³-hybridized carbons (Fsp3) is 0.684. The van der Waals surface area contributed by atoms with E-state index in [0.717, 1.165) is 24.1 Å². The van der Waals surface area contributed by atoms with Crippen LogP contribution in [0.5, 0.6) is 5.75 Å². The largest absolute Gasteiger partial charge is 0.497 e. The van der Waals surface area contributed by atoms with Crippen LogP contribution < -0.4 is 10.1 Å². The second kappa shape index (κ2) is 8.43. The van der Waals surface area contributed by atoms with Crippen LogP contribution in [0, 0.1) is 11.8 Å². The highest BCUT2D eigenvalue weighted by atomic mass is 16.5. The molecule has 118 valence electrons. The van der Waals surface area contributed by atoms with E-state index in [-0.39, 0.29) is 0 Å². The smallest absolute Gasteiger partial charge is 0.118 e. The molecule has 0 radical (unpaired) electrons. The number of hydrogen-bond donors (Lipinski definition) is 1. The molecular weight excluding hydrogens is 258 g/mol. The molecule has 1 aliphatic carbocycles. The van der Waals surface area contributed by atoms with E-state index in [4.69, 9.17) is 4.74 Å². The Kier molecular flexibility index (Phi) is 6.56. The third kappa shape index (κ3) is 5.70.